The highest BCUT2D eigenvalue weighted by atomic mass is 19.4. The number of hydrogen-bond acceptors (Lipinski definition) is 4. The van der Waals surface area contributed by atoms with Crippen molar-refractivity contribution in [3.05, 3.63) is 113 Å². The van der Waals surface area contributed by atoms with Crippen LogP contribution in [0.2, 0.25) is 0 Å². The smallest absolute Gasteiger partial charge is 0.435 e. The fraction of sp³-hybridized carbons (Fsp3) is 0.115. The molecule has 1 atom stereocenters. The third-order valence-corrected chi connectivity index (χ3v) is 5.31. The number of amides is 1. The van der Waals surface area contributed by atoms with Crippen molar-refractivity contribution in [2.45, 2.75) is 12.3 Å². The number of aliphatic hydroxyl groups excluding tert-OH is 1. The van der Waals surface area contributed by atoms with Crippen molar-refractivity contribution in [1.82, 2.24) is 9.78 Å². The molecule has 1 amide bonds. The van der Waals surface area contributed by atoms with E-state index in [1.54, 1.807) is 42.5 Å². The van der Waals surface area contributed by atoms with Crippen LogP contribution in [0.5, 0.6) is 5.75 Å². The van der Waals surface area contributed by atoms with Gasteiger partial charge in [0.1, 0.15) is 17.5 Å². The lowest BCUT2D eigenvalue weighted by atomic mass is 10.0. The monoisotopic (exact) mass is 492 g/mol. The maximum absolute atomic E-state index is 13.4. The van der Waals surface area contributed by atoms with Gasteiger partial charge in [0.25, 0.3) is 5.91 Å². The first kappa shape index (κ1) is 24.5. The number of carbonyl (C=O) groups is 1. The van der Waals surface area contributed by atoms with Crippen molar-refractivity contribution in [2.75, 3.05) is 12.4 Å². The van der Waals surface area contributed by atoms with Gasteiger partial charge in [0.05, 0.1) is 19.4 Å². The van der Waals surface area contributed by atoms with Crippen molar-refractivity contribution >= 4 is 17.3 Å². The summed E-state index contributed by atoms with van der Waals surface area (Å²) in [5, 5.41) is 16.9. The van der Waals surface area contributed by atoms with Gasteiger partial charge in [-0.2, -0.15) is 18.3 Å². The molecule has 4 rings (SSSR count). The molecule has 10 heteroatoms. The first-order valence-corrected chi connectivity index (χ1v) is 10.6. The molecule has 0 saturated heterocycles. The zero-order valence-electron chi connectivity index (χ0n) is 18.8. The Kier molecular flexibility index (Phi) is 6.76. The number of ether oxygens (including phenoxy) is 1. The summed E-state index contributed by atoms with van der Waals surface area (Å²) in [6, 6.07) is 19.6. The summed E-state index contributed by atoms with van der Waals surface area (Å²) >= 11 is 0. The summed E-state index contributed by atoms with van der Waals surface area (Å²) in [7, 11) is 1.51. The first-order chi connectivity index (χ1) is 17.2. The minimum absolute atomic E-state index is 0.131. The fourth-order valence-corrected chi connectivity index (χ4v) is 3.56. The Morgan fingerprint density at radius 1 is 1.06 bits per heavy atom. The highest BCUT2D eigenvalue weighted by Crippen LogP contribution is 2.31. The van der Waals surface area contributed by atoms with Crippen LogP contribution in [0.3, 0.4) is 0 Å². The molecule has 36 heavy (non-hydrogen) atoms. The number of hydrogen-bond donors (Lipinski definition) is 2. The van der Waals surface area contributed by atoms with Gasteiger partial charge in [-0.25, -0.2) is 9.53 Å². The zero-order valence-corrected chi connectivity index (χ0v) is 18.8. The average molecular weight is 492 g/mol. The molecule has 0 fully saturated rings. The largest absolute Gasteiger partial charge is 0.497 e. The number of rotatable bonds is 6. The molecule has 0 spiro atoms. The molecule has 7 nitrogen and oxygen atoms in total. The Morgan fingerprint density at radius 3 is 2.44 bits per heavy atom. The van der Waals surface area contributed by atoms with Gasteiger partial charge in [-0.05, 0) is 47.5 Å². The van der Waals surface area contributed by atoms with Gasteiger partial charge in [-0.3, -0.25) is 4.79 Å². The topological polar surface area (TPSA) is 80.7 Å². The summed E-state index contributed by atoms with van der Waals surface area (Å²) in [4.78, 5) is 16.3. The Labute approximate surface area is 204 Å². The molecule has 1 heterocycles. The van der Waals surface area contributed by atoms with Crippen molar-refractivity contribution in [3.63, 3.8) is 0 Å². The van der Waals surface area contributed by atoms with Gasteiger partial charge in [0.15, 0.2) is 11.4 Å². The van der Waals surface area contributed by atoms with Crippen LogP contribution >= 0.6 is 0 Å². The molecule has 0 aliphatic rings. The number of halogens is 3. The second kappa shape index (κ2) is 9.93. The van der Waals surface area contributed by atoms with Gasteiger partial charge >= 0.3 is 6.18 Å². The van der Waals surface area contributed by atoms with Crippen LogP contribution < -0.4 is 10.1 Å². The van der Waals surface area contributed by atoms with Crippen LogP contribution in [0.15, 0.2) is 78.9 Å². The Bertz CT molecular complexity index is 1460. The normalized spacial score (nSPS) is 12.0. The van der Waals surface area contributed by atoms with Gasteiger partial charge in [-0.1, -0.05) is 36.4 Å². The van der Waals surface area contributed by atoms with Crippen LogP contribution in [-0.2, 0) is 6.18 Å². The van der Waals surface area contributed by atoms with E-state index in [0.29, 0.717) is 22.9 Å². The van der Waals surface area contributed by atoms with E-state index in [4.69, 9.17) is 11.3 Å². The predicted octanol–water partition coefficient (Wildman–Crippen LogP) is 5.78. The Balaban J connectivity index is 1.66. The fourth-order valence-electron chi connectivity index (χ4n) is 3.56. The maximum atomic E-state index is 13.4. The van der Waals surface area contributed by atoms with Crippen molar-refractivity contribution in [3.8, 4) is 11.4 Å². The molecule has 2 N–H and O–H groups in total. The molecule has 0 bridgehead atoms. The minimum atomic E-state index is -4.78. The van der Waals surface area contributed by atoms with Gasteiger partial charge in [0, 0.05) is 11.8 Å². The van der Waals surface area contributed by atoms with E-state index in [9.17, 15) is 23.1 Å². The standard InChI is InChI=1S/C26H19F3N4O3/c1-30-18-8-5-10-20(14-18)33-22(15-23(32-33)26(27,28)29)25(35)31-19-9-3-6-16(12-19)24(34)17-7-4-11-21(13-17)36-2/h3-15,24,34H,2H3,(H,31,35). The van der Waals surface area contributed by atoms with E-state index in [-0.39, 0.29) is 22.8 Å². The molecule has 0 aliphatic heterocycles. The number of anilines is 1. The highest BCUT2D eigenvalue weighted by Gasteiger charge is 2.36. The SMILES string of the molecule is [C-]#[N+]c1cccc(-n2nc(C(F)(F)F)cc2C(=O)Nc2cccc(C(O)c3cccc(OC)c3)c2)c1. The molecular formula is C26H19F3N4O3. The molecule has 0 saturated carbocycles. The summed E-state index contributed by atoms with van der Waals surface area (Å²) in [5.74, 6) is -0.286. The van der Waals surface area contributed by atoms with E-state index >= 15 is 0 Å². The molecule has 182 valence electrons. The summed E-state index contributed by atoms with van der Waals surface area (Å²) in [6.07, 6.45) is -5.81. The van der Waals surface area contributed by atoms with Crippen molar-refractivity contribution in [1.29, 1.82) is 0 Å². The average Bonchev–Trinajstić information content (AvgIpc) is 3.35. The highest BCUT2D eigenvalue weighted by molar-refractivity contribution is 6.03. The Morgan fingerprint density at radius 2 is 1.75 bits per heavy atom. The third kappa shape index (κ3) is 5.21. The molecule has 0 radical (unpaired) electrons. The summed E-state index contributed by atoms with van der Waals surface area (Å²) in [6.45, 7) is 7.14. The number of methoxy groups -OCH3 is 1. The first-order valence-electron chi connectivity index (χ1n) is 10.6. The number of aliphatic hydroxyl groups is 1. The minimum Gasteiger partial charge on any atom is -0.497 e. The summed E-state index contributed by atoms with van der Waals surface area (Å²) in [5.41, 5.74) is -0.0314. The van der Waals surface area contributed by atoms with E-state index in [1.807, 2.05) is 0 Å². The molecule has 3 aromatic carbocycles. The number of nitrogens with zero attached hydrogens (tertiary/aromatic N) is 3. The van der Waals surface area contributed by atoms with Crippen molar-refractivity contribution in [2.24, 2.45) is 0 Å². The lowest BCUT2D eigenvalue weighted by Crippen LogP contribution is -2.17. The van der Waals surface area contributed by atoms with Crippen LogP contribution in [0, 0.1) is 6.57 Å². The van der Waals surface area contributed by atoms with E-state index in [0.717, 1.165) is 4.68 Å². The van der Waals surface area contributed by atoms with Crippen molar-refractivity contribution < 1.29 is 27.8 Å². The number of aromatic nitrogens is 2. The molecule has 1 aromatic heterocycles. The number of carbonyl (C=O) groups excluding carboxylic acids is 1. The number of nitrogens with one attached hydrogen (secondary N) is 1. The van der Waals surface area contributed by atoms with Gasteiger partial charge in [-0.15, -0.1) is 0 Å². The van der Waals surface area contributed by atoms with Crippen LogP contribution in [-0.4, -0.2) is 27.9 Å². The van der Waals surface area contributed by atoms with Crippen LogP contribution in [0.1, 0.15) is 33.4 Å². The number of alkyl halides is 3. The van der Waals surface area contributed by atoms with E-state index in [1.165, 1.54) is 37.4 Å². The zero-order chi connectivity index (χ0) is 25.9. The summed E-state index contributed by atoms with van der Waals surface area (Å²) < 4.78 is 46.2. The van der Waals surface area contributed by atoms with Gasteiger partial charge in [0.2, 0.25) is 0 Å². The second-order valence-electron chi connectivity index (χ2n) is 7.71. The van der Waals surface area contributed by atoms with E-state index < -0.39 is 23.9 Å². The van der Waals surface area contributed by atoms with Gasteiger partial charge < -0.3 is 15.2 Å². The van der Waals surface area contributed by atoms with Crippen LogP contribution in [0.25, 0.3) is 10.5 Å². The number of benzene rings is 3. The van der Waals surface area contributed by atoms with Crippen LogP contribution in [0.4, 0.5) is 24.5 Å². The lowest BCUT2D eigenvalue weighted by molar-refractivity contribution is -0.141. The molecule has 0 aliphatic carbocycles. The van der Waals surface area contributed by atoms with E-state index in [2.05, 4.69) is 15.3 Å². The third-order valence-electron chi connectivity index (χ3n) is 5.31. The Hall–Kier alpha value is -4.62. The molecule has 4 aromatic rings. The predicted molar refractivity (Wildman–Crippen MR) is 126 cm³/mol. The molecular weight excluding hydrogens is 473 g/mol. The lowest BCUT2D eigenvalue weighted by Gasteiger charge is -2.14. The quantitative estimate of drug-likeness (QED) is 0.334. The maximum Gasteiger partial charge on any atom is 0.435 e. The molecule has 1 unspecified atom stereocenters. The second-order valence-corrected chi connectivity index (χ2v) is 7.71.